The minimum Gasteiger partial charge on any atom is -0.398 e. The van der Waals surface area contributed by atoms with Gasteiger partial charge >= 0.3 is 0 Å². The lowest BCUT2D eigenvalue weighted by Gasteiger charge is -2.07. The number of anilines is 2. The van der Waals surface area contributed by atoms with E-state index in [1.807, 2.05) is 31.3 Å². The molecule has 2 aromatic rings. The highest BCUT2D eigenvalue weighted by atomic mass is 15.1. The van der Waals surface area contributed by atoms with Crippen LogP contribution in [0.1, 0.15) is 11.1 Å². The van der Waals surface area contributed by atoms with Crippen LogP contribution in [0.3, 0.4) is 0 Å². The molecule has 0 radical (unpaired) electrons. The Bertz CT molecular complexity index is 434. The molecule has 0 amide bonds. The van der Waals surface area contributed by atoms with Crippen molar-refractivity contribution in [3.05, 3.63) is 41.7 Å². The van der Waals surface area contributed by atoms with Gasteiger partial charge in [0.2, 0.25) is 0 Å². The van der Waals surface area contributed by atoms with E-state index in [2.05, 4.69) is 15.5 Å². The molecule has 0 aliphatic heterocycles. The fraction of sp³-hybridized carbons (Fsp3) is 0.182. The van der Waals surface area contributed by atoms with Crippen LogP contribution in [0, 0.1) is 6.92 Å². The van der Waals surface area contributed by atoms with Crippen molar-refractivity contribution in [1.82, 2.24) is 10.2 Å². The molecule has 4 nitrogen and oxygen atoms in total. The van der Waals surface area contributed by atoms with E-state index < -0.39 is 0 Å². The first kappa shape index (κ1) is 9.58. The predicted molar refractivity (Wildman–Crippen MR) is 61.5 cm³/mol. The molecule has 0 spiro atoms. The van der Waals surface area contributed by atoms with Crippen LogP contribution in [0.4, 0.5) is 11.4 Å². The number of nitrogens with two attached hydrogens (primary N) is 1. The van der Waals surface area contributed by atoms with Crippen LogP contribution in [0.5, 0.6) is 0 Å². The van der Waals surface area contributed by atoms with Gasteiger partial charge in [-0.15, -0.1) is 0 Å². The zero-order chi connectivity index (χ0) is 10.7. The molecular formula is C11H14N4. The van der Waals surface area contributed by atoms with E-state index in [9.17, 15) is 0 Å². The maximum Gasteiger partial charge on any atom is 0.0537 e. The van der Waals surface area contributed by atoms with Gasteiger partial charge in [-0.3, -0.25) is 5.10 Å². The molecule has 0 aliphatic carbocycles. The second-order valence-electron chi connectivity index (χ2n) is 3.53. The molecule has 1 aromatic carbocycles. The van der Waals surface area contributed by atoms with Gasteiger partial charge in [-0.25, -0.2) is 0 Å². The molecule has 0 saturated carbocycles. The van der Waals surface area contributed by atoms with Gasteiger partial charge in [-0.1, -0.05) is 6.07 Å². The Hall–Kier alpha value is -1.97. The van der Waals surface area contributed by atoms with Crippen LogP contribution in [0.25, 0.3) is 0 Å². The molecule has 0 atom stereocenters. The Morgan fingerprint density at radius 3 is 3.00 bits per heavy atom. The van der Waals surface area contributed by atoms with Gasteiger partial charge in [0.1, 0.15) is 0 Å². The van der Waals surface area contributed by atoms with Crippen molar-refractivity contribution < 1.29 is 0 Å². The summed E-state index contributed by atoms with van der Waals surface area (Å²) in [5.41, 5.74) is 9.87. The molecule has 0 fully saturated rings. The van der Waals surface area contributed by atoms with Crippen LogP contribution in [-0.2, 0) is 6.54 Å². The molecule has 4 N–H and O–H groups in total. The van der Waals surface area contributed by atoms with Crippen LogP contribution in [-0.4, -0.2) is 10.2 Å². The zero-order valence-electron chi connectivity index (χ0n) is 8.62. The summed E-state index contributed by atoms with van der Waals surface area (Å²) in [7, 11) is 0. The minimum atomic E-state index is 0.749. The summed E-state index contributed by atoms with van der Waals surface area (Å²) in [5.74, 6) is 0. The molecular weight excluding hydrogens is 188 g/mol. The van der Waals surface area contributed by atoms with Crippen LogP contribution in [0.2, 0.25) is 0 Å². The van der Waals surface area contributed by atoms with E-state index >= 15 is 0 Å². The van der Waals surface area contributed by atoms with Crippen molar-refractivity contribution in [1.29, 1.82) is 0 Å². The van der Waals surface area contributed by atoms with Gasteiger partial charge in [-0.2, -0.15) is 5.10 Å². The van der Waals surface area contributed by atoms with Gasteiger partial charge in [0, 0.05) is 29.7 Å². The summed E-state index contributed by atoms with van der Waals surface area (Å²) in [6.07, 6.45) is 3.66. The Kier molecular flexibility index (Phi) is 2.58. The molecule has 0 bridgehead atoms. The highest BCUT2D eigenvalue weighted by molar-refractivity contribution is 5.58. The fourth-order valence-corrected chi connectivity index (χ4v) is 1.33. The molecule has 1 aromatic heterocycles. The number of nitrogens with one attached hydrogen (secondary N) is 2. The minimum absolute atomic E-state index is 0.749. The average molecular weight is 202 g/mol. The van der Waals surface area contributed by atoms with E-state index in [0.29, 0.717) is 0 Å². The maximum absolute atomic E-state index is 5.81. The lowest BCUT2D eigenvalue weighted by Crippen LogP contribution is -1.99. The predicted octanol–water partition coefficient (Wildman–Crippen LogP) is 1.91. The van der Waals surface area contributed by atoms with E-state index in [1.165, 1.54) is 0 Å². The summed E-state index contributed by atoms with van der Waals surface area (Å²) < 4.78 is 0. The molecule has 15 heavy (non-hydrogen) atoms. The van der Waals surface area contributed by atoms with Crippen molar-refractivity contribution in [3.63, 3.8) is 0 Å². The molecule has 4 heteroatoms. The van der Waals surface area contributed by atoms with Gasteiger partial charge in [0.15, 0.2) is 0 Å². The number of hydrogen-bond acceptors (Lipinski definition) is 3. The highest BCUT2D eigenvalue weighted by Gasteiger charge is 1.97. The summed E-state index contributed by atoms with van der Waals surface area (Å²) >= 11 is 0. The van der Waals surface area contributed by atoms with Gasteiger partial charge in [-0.05, 0) is 24.6 Å². The second kappa shape index (κ2) is 4.04. The third-order valence-electron chi connectivity index (χ3n) is 2.33. The Morgan fingerprint density at radius 2 is 2.33 bits per heavy atom. The first-order valence-corrected chi connectivity index (χ1v) is 4.83. The number of benzene rings is 1. The Balaban J connectivity index is 2.02. The third kappa shape index (κ3) is 2.28. The largest absolute Gasteiger partial charge is 0.398 e. The average Bonchev–Trinajstić information content (AvgIpc) is 2.73. The first-order chi connectivity index (χ1) is 7.25. The van der Waals surface area contributed by atoms with E-state index in [-0.39, 0.29) is 0 Å². The first-order valence-electron chi connectivity index (χ1n) is 4.83. The SMILES string of the molecule is Cc1ccc(NCc2cn[nH]c2)cc1N. The quantitative estimate of drug-likeness (QED) is 0.666. The Morgan fingerprint density at radius 1 is 1.47 bits per heavy atom. The molecule has 0 unspecified atom stereocenters. The third-order valence-corrected chi connectivity index (χ3v) is 2.33. The fourth-order valence-electron chi connectivity index (χ4n) is 1.33. The van der Waals surface area contributed by atoms with Crippen molar-refractivity contribution in [2.75, 3.05) is 11.1 Å². The number of aryl methyl sites for hydroxylation is 1. The van der Waals surface area contributed by atoms with Gasteiger partial charge in [0.25, 0.3) is 0 Å². The molecule has 1 heterocycles. The lowest BCUT2D eigenvalue weighted by atomic mass is 10.2. The lowest BCUT2D eigenvalue weighted by molar-refractivity contribution is 1.09. The van der Waals surface area contributed by atoms with Crippen LogP contribution in [0.15, 0.2) is 30.6 Å². The van der Waals surface area contributed by atoms with E-state index in [1.54, 1.807) is 6.20 Å². The monoisotopic (exact) mass is 202 g/mol. The van der Waals surface area contributed by atoms with E-state index in [4.69, 9.17) is 5.73 Å². The van der Waals surface area contributed by atoms with Crippen molar-refractivity contribution >= 4 is 11.4 Å². The van der Waals surface area contributed by atoms with Crippen molar-refractivity contribution in [2.24, 2.45) is 0 Å². The summed E-state index contributed by atoms with van der Waals surface area (Å²) in [6.45, 7) is 2.74. The number of nitrogen functional groups attached to an aromatic ring is 1. The van der Waals surface area contributed by atoms with Crippen molar-refractivity contribution in [3.8, 4) is 0 Å². The maximum atomic E-state index is 5.81. The highest BCUT2D eigenvalue weighted by Crippen LogP contribution is 2.17. The smallest absolute Gasteiger partial charge is 0.0537 e. The normalized spacial score (nSPS) is 10.2. The van der Waals surface area contributed by atoms with Gasteiger partial charge in [0.05, 0.1) is 6.20 Å². The topological polar surface area (TPSA) is 66.7 Å². The summed E-state index contributed by atoms with van der Waals surface area (Å²) in [6, 6.07) is 5.97. The zero-order valence-corrected chi connectivity index (χ0v) is 8.62. The number of hydrogen-bond donors (Lipinski definition) is 3. The van der Waals surface area contributed by atoms with Crippen LogP contribution < -0.4 is 11.1 Å². The molecule has 0 saturated heterocycles. The summed E-state index contributed by atoms with van der Waals surface area (Å²) in [4.78, 5) is 0. The standard InChI is InChI=1S/C11H14N4/c1-8-2-3-10(4-11(8)12)13-5-9-6-14-15-7-9/h2-4,6-7,13H,5,12H2,1H3,(H,14,15). The molecule has 2 rings (SSSR count). The van der Waals surface area contributed by atoms with Crippen molar-refractivity contribution in [2.45, 2.75) is 13.5 Å². The molecule has 0 aliphatic rings. The van der Waals surface area contributed by atoms with Gasteiger partial charge < -0.3 is 11.1 Å². The molecule has 78 valence electrons. The number of aromatic nitrogens is 2. The Labute approximate surface area is 88.5 Å². The number of nitrogens with zero attached hydrogens (tertiary/aromatic N) is 1. The van der Waals surface area contributed by atoms with Crippen LogP contribution >= 0.6 is 0 Å². The second-order valence-corrected chi connectivity index (χ2v) is 3.53. The number of H-pyrrole nitrogens is 1. The summed E-state index contributed by atoms with van der Waals surface area (Å²) in [5, 5.41) is 9.92. The number of aromatic amines is 1. The number of rotatable bonds is 3. The van der Waals surface area contributed by atoms with E-state index in [0.717, 1.165) is 29.0 Å².